The van der Waals surface area contributed by atoms with Crippen LogP contribution >= 0.6 is 0 Å². The van der Waals surface area contributed by atoms with Gasteiger partial charge >= 0.3 is 0 Å². The Morgan fingerprint density at radius 1 is 0.804 bits per heavy atom. The lowest BCUT2D eigenvalue weighted by Gasteiger charge is -2.46. The lowest BCUT2D eigenvalue weighted by Crippen LogP contribution is -2.66. The number of rotatable bonds is 19. The van der Waals surface area contributed by atoms with E-state index in [2.05, 4.69) is 17.6 Å². The maximum absolute atomic E-state index is 12.8. The molecule has 16 heteroatoms. The van der Waals surface area contributed by atoms with Crippen LogP contribution in [0.1, 0.15) is 78.6 Å². The van der Waals surface area contributed by atoms with Gasteiger partial charge < -0.3 is 66.3 Å². The number of Topliss-reactive ketones (excluding diaryl/α,β-unsaturated/α-hetero) is 1. The number of carbonyl (C=O) groups excluding carboxylic acids is 3. The number of amides is 2. The standard InChI is InChI=1S/C30H55N3O13/c1-4-5-6-7-8-9-10-16(31)28(43)32-17(21(37)15(2)3)11-12-20(36)33-29-25(41)24(40)27(19(14-35)44-29)46-30-26(42)23(39)22(38)18(13-34)45-30/h15-19,22-27,29-30,34-35,38-42H,4-14,31H2,1-3H3,(H,32,43)(H,33,36)/t16?,17?,18?,19?,22-,23-,24+,25?,26?,27-,29+,30-/m0/s1. The highest BCUT2D eigenvalue weighted by Crippen LogP contribution is 2.28. The van der Waals surface area contributed by atoms with Crippen LogP contribution in [-0.4, -0.2) is 140 Å². The van der Waals surface area contributed by atoms with Gasteiger partial charge in [0, 0.05) is 12.3 Å². The summed E-state index contributed by atoms with van der Waals surface area (Å²) in [6.07, 6.45) is -9.89. The summed E-state index contributed by atoms with van der Waals surface area (Å²) in [5.41, 5.74) is 6.06. The van der Waals surface area contributed by atoms with Gasteiger partial charge in [0.15, 0.2) is 18.3 Å². The number of aliphatic hydroxyl groups is 7. The Morgan fingerprint density at radius 2 is 1.43 bits per heavy atom. The number of unbranched alkanes of at least 4 members (excludes halogenated alkanes) is 5. The SMILES string of the molecule is CCCCCCCCC(N)C(=O)NC(CCC(=O)N[C@@H]1OC(CO)[C@H](O[C@@H]2OC(CO)[C@H](O)[C@H](O)C2O)[C@H](O)C1O)C(=O)C(C)C. The Kier molecular flexibility index (Phi) is 17.4. The fourth-order valence-electron chi connectivity index (χ4n) is 5.46. The van der Waals surface area contributed by atoms with Crippen LogP contribution in [0.15, 0.2) is 0 Å². The van der Waals surface area contributed by atoms with E-state index in [4.69, 9.17) is 19.9 Å². The van der Waals surface area contributed by atoms with E-state index in [0.29, 0.717) is 6.42 Å². The first-order chi connectivity index (χ1) is 21.8. The van der Waals surface area contributed by atoms with Crippen molar-refractivity contribution in [2.24, 2.45) is 11.7 Å². The van der Waals surface area contributed by atoms with Crippen LogP contribution in [0.4, 0.5) is 0 Å². The van der Waals surface area contributed by atoms with Crippen LogP contribution in [0.5, 0.6) is 0 Å². The predicted octanol–water partition coefficient (Wildman–Crippen LogP) is -2.71. The van der Waals surface area contributed by atoms with Crippen LogP contribution in [0.2, 0.25) is 0 Å². The Hall–Kier alpha value is -1.83. The summed E-state index contributed by atoms with van der Waals surface area (Å²) in [5, 5.41) is 76.1. The number of hydrogen-bond donors (Lipinski definition) is 10. The van der Waals surface area contributed by atoms with Crippen molar-refractivity contribution in [2.45, 2.75) is 152 Å². The topological polar surface area (TPSA) is 271 Å². The third-order valence-electron chi connectivity index (χ3n) is 8.40. The van der Waals surface area contributed by atoms with E-state index in [1.165, 1.54) is 0 Å². The van der Waals surface area contributed by atoms with Crippen molar-refractivity contribution in [3.05, 3.63) is 0 Å². The quantitative estimate of drug-likeness (QED) is 0.0629. The second-order valence-electron chi connectivity index (χ2n) is 12.4. The predicted molar refractivity (Wildman–Crippen MR) is 162 cm³/mol. The molecule has 2 aliphatic heterocycles. The third-order valence-corrected chi connectivity index (χ3v) is 8.40. The second kappa shape index (κ2) is 19.9. The van der Waals surface area contributed by atoms with E-state index in [-0.39, 0.29) is 18.6 Å². The zero-order valence-corrected chi connectivity index (χ0v) is 26.9. The van der Waals surface area contributed by atoms with Gasteiger partial charge in [-0.25, -0.2) is 0 Å². The number of ketones is 1. The molecule has 2 saturated heterocycles. The molecular weight excluding hydrogens is 610 g/mol. The van der Waals surface area contributed by atoms with E-state index >= 15 is 0 Å². The van der Waals surface area contributed by atoms with Crippen molar-refractivity contribution in [3.63, 3.8) is 0 Å². The zero-order valence-electron chi connectivity index (χ0n) is 26.9. The van der Waals surface area contributed by atoms with Crippen molar-refractivity contribution in [1.29, 1.82) is 0 Å². The normalized spacial score (nSPS) is 33.0. The zero-order chi connectivity index (χ0) is 34.6. The Labute approximate surface area is 269 Å². The molecule has 0 radical (unpaired) electrons. The average molecular weight is 666 g/mol. The molecule has 2 aliphatic rings. The fourth-order valence-corrected chi connectivity index (χ4v) is 5.46. The molecule has 0 aromatic rings. The summed E-state index contributed by atoms with van der Waals surface area (Å²) >= 11 is 0. The minimum absolute atomic E-state index is 0.0734. The molecule has 6 unspecified atom stereocenters. The maximum Gasteiger partial charge on any atom is 0.237 e. The first kappa shape index (κ1) is 40.3. The number of nitrogens with one attached hydrogen (secondary N) is 2. The molecule has 0 saturated carbocycles. The van der Waals surface area contributed by atoms with Gasteiger partial charge in [-0.05, 0) is 12.8 Å². The smallest absolute Gasteiger partial charge is 0.237 e. The van der Waals surface area contributed by atoms with Gasteiger partial charge in [-0.1, -0.05) is 59.3 Å². The summed E-state index contributed by atoms with van der Waals surface area (Å²) in [7, 11) is 0. The molecule has 0 aromatic heterocycles. The van der Waals surface area contributed by atoms with Gasteiger partial charge in [0.05, 0.1) is 25.3 Å². The number of nitrogens with two attached hydrogens (primary N) is 1. The molecule has 46 heavy (non-hydrogen) atoms. The minimum Gasteiger partial charge on any atom is -0.394 e. The van der Waals surface area contributed by atoms with Crippen LogP contribution in [0, 0.1) is 5.92 Å². The summed E-state index contributed by atoms with van der Waals surface area (Å²) < 4.78 is 16.4. The van der Waals surface area contributed by atoms with Crippen molar-refractivity contribution >= 4 is 17.6 Å². The molecule has 0 aromatic carbocycles. The molecule has 268 valence electrons. The van der Waals surface area contributed by atoms with E-state index in [0.717, 1.165) is 38.5 Å². The summed E-state index contributed by atoms with van der Waals surface area (Å²) in [4.78, 5) is 38.4. The van der Waals surface area contributed by atoms with Crippen LogP contribution < -0.4 is 16.4 Å². The molecule has 0 spiro atoms. The van der Waals surface area contributed by atoms with Crippen LogP contribution in [0.25, 0.3) is 0 Å². The summed E-state index contributed by atoms with van der Waals surface area (Å²) in [5.74, 6) is -1.90. The van der Waals surface area contributed by atoms with Crippen molar-refractivity contribution in [1.82, 2.24) is 10.6 Å². The highest BCUT2D eigenvalue weighted by molar-refractivity contribution is 5.92. The van der Waals surface area contributed by atoms with Gasteiger partial charge in [0.1, 0.15) is 48.8 Å². The molecule has 2 fully saturated rings. The average Bonchev–Trinajstić information content (AvgIpc) is 3.03. The van der Waals surface area contributed by atoms with E-state index in [9.17, 15) is 50.1 Å². The molecule has 16 nitrogen and oxygen atoms in total. The van der Waals surface area contributed by atoms with Crippen LogP contribution in [0.3, 0.4) is 0 Å². The van der Waals surface area contributed by atoms with Crippen LogP contribution in [-0.2, 0) is 28.6 Å². The Balaban J connectivity index is 1.95. The fraction of sp³-hybridized carbons (Fsp3) is 0.900. The van der Waals surface area contributed by atoms with E-state index < -0.39 is 104 Å². The third kappa shape index (κ3) is 11.4. The largest absolute Gasteiger partial charge is 0.394 e. The molecule has 0 bridgehead atoms. The lowest BCUT2D eigenvalue weighted by molar-refractivity contribution is -0.343. The minimum atomic E-state index is -1.81. The number of ether oxygens (including phenoxy) is 3. The Bertz CT molecular complexity index is 940. The monoisotopic (exact) mass is 665 g/mol. The van der Waals surface area contributed by atoms with Crippen molar-refractivity contribution in [2.75, 3.05) is 13.2 Å². The van der Waals surface area contributed by atoms with Gasteiger partial charge in [-0.2, -0.15) is 0 Å². The summed E-state index contributed by atoms with van der Waals surface area (Å²) in [6.45, 7) is 3.97. The molecule has 2 rings (SSSR count). The second-order valence-corrected chi connectivity index (χ2v) is 12.4. The molecule has 11 N–H and O–H groups in total. The van der Waals surface area contributed by atoms with Gasteiger partial charge in [0.2, 0.25) is 11.8 Å². The molecule has 2 amide bonds. The molecule has 0 aliphatic carbocycles. The van der Waals surface area contributed by atoms with E-state index in [1.54, 1.807) is 13.8 Å². The van der Waals surface area contributed by atoms with E-state index in [1.807, 2.05) is 0 Å². The molecule has 12 atom stereocenters. The lowest BCUT2D eigenvalue weighted by atomic mass is 9.96. The molecule has 2 heterocycles. The highest BCUT2D eigenvalue weighted by atomic mass is 16.7. The first-order valence-electron chi connectivity index (χ1n) is 16.2. The highest BCUT2D eigenvalue weighted by Gasteiger charge is 2.50. The number of carbonyl (C=O) groups is 3. The van der Waals surface area contributed by atoms with Crippen molar-refractivity contribution < 1.29 is 64.3 Å². The molecular formula is C30H55N3O13. The maximum atomic E-state index is 12.8. The van der Waals surface area contributed by atoms with Crippen molar-refractivity contribution in [3.8, 4) is 0 Å². The van der Waals surface area contributed by atoms with Gasteiger partial charge in [0.25, 0.3) is 0 Å². The number of hydrogen-bond acceptors (Lipinski definition) is 14. The Morgan fingerprint density at radius 3 is 2.04 bits per heavy atom. The first-order valence-corrected chi connectivity index (χ1v) is 16.2. The van der Waals surface area contributed by atoms with Gasteiger partial charge in [-0.15, -0.1) is 0 Å². The summed E-state index contributed by atoms with van der Waals surface area (Å²) in [6, 6.07) is -1.79. The van der Waals surface area contributed by atoms with Gasteiger partial charge in [-0.3, -0.25) is 14.4 Å². The number of aliphatic hydroxyl groups excluding tert-OH is 7.